The van der Waals surface area contributed by atoms with Crippen LogP contribution in [-0.2, 0) is 4.74 Å². The highest BCUT2D eigenvalue weighted by Crippen LogP contribution is 2.09. The molecular formula is C11H21ClN2O. The van der Waals surface area contributed by atoms with Crippen LogP contribution >= 0.6 is 11.6 Å². The molecule has 1 atom stereocenters. The van der Waals surface area contributed by atoms with Gasteiger partial charge in [-0.3, -0.25) is 9.80 Å². The Morgan fingerprint density at radius 1 is 1.40 bits per heavy atom. The highest BCUT2D eigenvalue weighted by Gasteiger charge is 2.20. The van der Waals surface area contributed by atoms with Gasteiger partial charge in [0.15, 0.2) is 0 Å². The van der Waals surface area contributed by atoms with E-state index in [-0.39, 0.29) is 0 Å². The van der Waals surface area contributed by atoms with Gasteiger partial charge in [-0.15, -0.1) is 0 Å². The summed E-state index contributed by atoms with van der Waals surface area (Å²) in [5.41, 5.74) is 0. The zero-order chi connectivity index (χ0) is 11.3. The minimum Gasteiger partial charge on any atom is -0.383 e. The first-order valence-corrected chi connectivity index (χ1v) is 5.80. The third-order valence-electron chi connectivity index (χ3n) is 2.83. The molecule has 1 aliphatic rings. The summed E-state index contributed by atoms with van der Waals surface area (Å²) in [5, 5.41) is 0.730. The molecule has 0 bridgehead atoms. The van der Waals surface area contributed by atoms with Gasteiger partial charge in [0, 0.05) is 50.9 Å². The van der Waals surface area contributed by atoms with Crippen molar-refractivity contribution in [1.82, 2.24) is 9.80 Å². The fourth-order valence-electron chi connectivity index (χ4n) is 1.95. The lowest BCUT2D eigenvalue weighted by Crippen LogP contribution is -2.50. The number of hydrogen-bond acceptors (Lipinski definition) is 3. The molecule has 0 aromatic carbocycles. The molecule has 0 unspecified atom stereocenters. The summed E-state index contributed by atoms with van der Waals surface area (Å²) in [6.45, 7) is 11.9. The summed E-state index contributed by atoms with van der Waals surface area (Å²) >= 11 is 5.79. The van der Waals surface area contributed by atoms with E-state index in [1.165, 1.54) is 0 Å². The maximum atomic E-state index is 5.79. The van der Waals surface area contributed by atoms with E-state index in [9.17, 15) is 0 Å². The second-order valence-corrected chi connectivity index (χ2v) is 4.67. The Morgan fingerprint density at radius 3 is 2.47 bits per heavy atom. The van der Waals surface area contributed by atoms with E-state index >= 15 is 0 Å². The van der Waals surface area contributed by atoms with Crippen molar-refractivity contribution >= 4 is 11.6 Å². The standard InChI is InChI=1S/C11H21ClN2O/c1-10(12)8-13-4-6-14(7-5-13)11(2)9-15-3/h11H,1,4-9H2,2-3H3/t11-/m0/s1. The number of halogens is 1. The second-order valence-electron chi connectivity index (χ2n) is 4.13. The van der Waals surface area contributed by atoms with Gasteiger partial charge in [-0.05, 0) is 6.92 Å². The molecular weight excluding hydrogens is 212 g/mol. The third-order valence-corrected chi connectivity index (χ3v) is 2.95. The van der Waals surface area contributed by atoms with Crippen molar-refractivity contribution < 1.29 is 4.74 Å². The molecule has 3 nitrogen and oxygen atoms in total. The first-order chi connectivity index (χ1) is 7.13. The molecule has 0 N–H and O–H groups in total. The van der Waals surface area contributed by atoms with Gasteiger partial charge in [0.2, 0.25) is 0 Å². The maximum absolute atomic E-state index is 5.79. The molecule has 1 aliphatic heterocycles. The fourth-order valence-corrected chi connectivity index (χ4v) is 2.12. The molecule has 1 saturated heterocycles. The first kappa shape index (κ1) is 13.0. The minimum absolute atomic E-state index is 0.511. The predicted octanol–water partition coefficient (Wildman–Crippen LogP) is 1.39. The number of hydrogen-bond donors (Lipinski definition) is 0. The number of ether oxygens (including phenoxy) is 1. The summed E-state index contributed by atoms with van der Waals surface area (Å²) in [6, 6.07) is 0.511. The van der Waals surface area contributed by atoms with Crippen LogP contribution in [0.4, 0.5) is 0 Å². The number of nitrogens with zero attached hydrogens (tertiary/aromatic N) is 2. The van der Waals surface area contributed by atoms with Crippen molar-refractivity contribution in [3.63, 3.8) is 0 Å². The molecule has 4 heteroatoms. The average molecular weight is 233 g/mol. The van der Waals surface area contributed by atoms with Crippen molar-refractivity contribution in [3.8, 4) is 0 Å². The lowest BCUT2D eigenvalue weighted by atomic mass is 10.2. The number of rotatable bonds is 5. The van der Waals surface area contributed by atoms with Crippen LogP contribution in [0.3, 0.4) is 0 Å². The highest BCUT2D eigenvalue weighted by molar-refractivity contribution is 6.29. The summed E-state index contributed by atoms with van der Waals surface area (Å²) in [6.07, 6.45) is 0. The first-order valence-electron chi connectivity index (χ1n) is 5.42. The Bertz CT molecular complexity index is 203. The molecule has 0 spiro atoms. The summed E-state index contributed by atoms with van der Waals surface area (Å²) < 4.78 is 5.16. The number of methoxy groups -OCH3 is 1. The summed E-state index contributed by atoms with van der Waals surface area (Å²) in [4.78, 5) is 4.79. The van der Waals surface area contributed by atoms with E-state index in [0.717, 1.165) is 44.4 Å². The Morgan fingerprint density at radius 2 is 2.00 bits per heavy atom. The molecule has 1 rings (SSSR count). The van der Waals surface area contributed by atoms with Crippen molar-refractivity contribution in [2.75, 3.05) is 46.4 Å². The molecule has 0 amide bonds. The lowest BCUT2D eigenvalue weighted by molar-refractivity contribution is 0.0606. The van der Waals surface area contributed by atoms with E-state index in [0.29, 0.717) is 6.04 Å². The van der Waals surface area contributed by atoms with Gasteiger partial charge >= 0.3 is 0 Å². The Balaban J connectivity index is 2.26. The van der Waals surface area contributed by atoms with Crippen molar-refractivity contribution in [1.29, 1.82) is 0 Å². The van der Waals surface area contributed by atoms with Gasteiger partial charge in [0.05, 0.1) is 6.61 Å². The summed E-state index contributed by atoms with van der Waals surface area (Å²) in [5.74, 6) is 0. The van der Waals surface area contributed by atoms with Gasteiger partial charge in [0.25, 0.3) is 0 Å². The molecule has 0 radical (unpaired) electrons. The van der Waals surface area contributed by atoms with Crippen LogP contribution in [0.5, 0.6) is 0 Å². The zero-order valence-corrected chi connectivity index (χ0v) is 10.5. The maximum Gasteiger partial charge on any atom is 0.0615 e. The van der Waals surface area contributed by atoms with E-state index in [1.54, 1.807) is 7.11 Å². The van der Waals surface area contributed by atoms with Gasteiger partial charge in [-0.2, -0.15) is 0 Å². The monoisotopic (exact) mass is 232 g/mol. The Hall–Kier alpha value is -0.0900. The van der Waals surface area contributed by atoms with Gasteiger partial charge < -0.3 is 4.74 Å². The van der Waals surface area contributed by atoms with Crippen molar-refractivity contribution in [3.05, 3.63) is 11.6 Å². The van der Waals surface area contributed by atoms with E-state index < -0.39 is 0 Å². The quantitative estimate of drug-likeness (QED) is 0.713. The SMILES string of the molecule is C=C(Cl)CN1CCN([C@@H](C)COC)CC1. The van der Waals surface area contributed by atoms with E-state index in [4.69, 9.17) is 16.3 Å². The van der Waals surface area contributed by atoms with Gasteiger partial charge in [-0.25, -0.2) is 0 Å². The molecule has 1 fully saturated rings. The van der Waals surface area contributed by atoms with E-state index in [2.05, 4.69) is 23.3 Å². The third kappa shape index (κ3) is 4.51. The largest absolute Gasteiger partial charge is 0.383 e. The van der Waals surface area contributed by atoms with Crippen molar-refractivity contribution in [2.24, 2.45) is 0 Å². The van der Waals surface area contributed by atoms with Crippen LogP contribution in [0.1, 0.15) is 6.92 Å². The fraction of sp³-hybridized carbons (Fsp3) is 0.818. The molecule has 0 saturated carbocycles. The van der Waals surface area contributed by atoms with Crippen LogP contribution < -0.4 is 0 Å². The summed E-state index contributed by atoms with van der Waals surface area (Å²) in [7, 11) is 1.75. The van der Waals surface area contributed by atoms with Crippen molar-refractivity contribution in [2.45, 2.75) is 13.0 Å². The topological polar surface area (TPSA) is 15.7 Å². The van der Waals surface area contributed by atoms with Crippen LogP contribution in [0, 0.1) is 0 Å². The van der Waals surface area contributed by atoms with Crippen LogP contribution in [0.2, 0.25) is 0 Å². The van der Waals surface area contributed by atoms with Crippen LogP contribution in [0.25, 0.3) is 0 Å². The zero-order valence-electron chi connectivity index (χ0n) is 9.71. The van der Waals surface area contributed by atoms with Crippen LogP contribution in [-0.4, -0.2) is 62.3 Å². The molecule has 1 heterocycles. The molecule has 0 aliphatic carbocycles. The highest BCUT2D eigenvalue weighted by atomic mass is 35.5. The molecule has 88 valence electrons. The Kier molecular flexibility index (Phi) is 5.61. The van der Waals surface area contributed by atoms with Gasteiger partial charge in [0.1, 0.15) is 0 Å². The number of piperazine rings is 1. The smallest absolute Gasteiger partial charge is 0.0615 e. The van der Waals surface area contributed by atoms with Crippen LogP contribution in [0.15, 0.2) is 11.6 Å². The predicted molar refractivity (Wildman–Crippen MR) is 64.3 cm³/mol. The van der Waals surface area contributed by atoms with Gasteiger partial charge in [-0.1, -0.05) is 18.2 Å². The molecule has 0 aromatic rings. The van der Waals surface area contributed by atoms with E-state index in [1.807, 2.05) is 0 Å². The Labute approximate surface area is 97.6 Å². The minimum atomic E-state index is 0.511. The second kappa shape index (κ2) is 6.48. The molecule has 0 aromatic heterocycles. The average Bonchev–Trinajstić information content (AvgIpc) is 2.18. The molecule has 15 heavy (non-hydrogen) atoms. The normalized spacial score (nSPS) is 21.5. The lowest BCUT2D eigenvalue weighted by Gasteiger charge is -2.37.